The Hall–Kier alpha value is -0.105. The van der Waals surface area contributed by atoms with Crippen molar-refractivity contribution in [1.29, 1.82) is 0 Å². The van der Waals surface area contributed by atoms with E-state index in [-0.39, 0.29) is 0 Å². The Morgan fingerprint density at radius 1 is 1.75 bits per heavy atom. The normalized spacial score (nSPS) is 11.5. The van der Waals surface area contributed by atoms with Crippen molar-refractivity contribution in [3.05, 3.63) is 22.4 Å². The zero-order valence-electron chi connectivity index (χ0n) is 5.27. The third-order valence-electron chi connectivity index (χ3n) is 0.699. The first kappa shape index (κ1) is 7.89. The van der Waals surface area contributed by atoms with Gasteiger partial charge in [0.1, 0.15) is 7.85 Å². The van der Waals surface area contributed by atoms with Gasteiger partial charge in [-0.2, -0.15) is 0 Å². The van der Waals surface area contributed by atoms with Gasteiger partial charge in [0.25, 0.3) is 0 Å². The minimum atomic E-state index is 0.653. The quantitative estimate of drug-likeness (QED) is 0.509. The molecule has 2 radical (unpaired) electrons. The molecule has 0 fully saturated rings. The Labute approximate surface area is 56.5 Å². The fourth-order valence-corrected chi connectivity index (χ4v) is 0.797. The number of rotatable bonds is 2. The Kier molecular flexibility index (Phi) is 3.79. The van der Waals surface area contributed by atoms with Crippen LogP contribution in [0.15, 0.2) is 22.4 Å². The van der Waals surface area contributed by atoms with Gasteiger partial charge in [-0.25, -0.2) is 0 Å². The predicted molar refractivity (Wildman–Crippen MR) is 41.9 cm³/mol. The molecule has 0 spiro atoms. The van der Waals surface area contributed by atoms with Crippen LogP contribution >= 0.6 is 11.8 Å². The van der Waals surface area contributed by atoms with Gasteiger partial charge in [0.05, 0.1) is 0 Å². The first-order valence-electron chi connectivity index (χ1n) is 2.42. The van der Waals surface area contributed by atoms with Crippen LogP contribution in [0.2, 0.25) is 0 Å². The summed E-state index contributed by atoms with van der Waals surface area (Å²) in [5, 5.41) is 0. The Balaban J connectivity index is 3.56. The SMILES string of the molecule is [B]C(=C)S/C(C)=C\C. The average molecular weight is 124 g/mol. The molecule has 0 aromatic carbocycles. The Bertz CT molecular complexity index is 116. The largest absolute Gasteiger partial charge is 0.123 e. The summed E-state index contributed by atoms with van der Waals surface area (Å²) in [6.07, 6.45) is 2.00. The summed E-state index contributed by atoms with van der Waals surface area (Å²) in [7, 11) is 5.30. The molecule has 0 unspecified atom stereocenters. The topological polar surface area (TPSA) is 0 Å². The predicted octanol–water partition coefficient (Wildman–Crippen LogP) is 2.28. The van der Waals surface area contributed by atoms with E-state index >= 15 is 0 Å². The Morgan fingerprint density at radius 2 is 2.25 bits per heavy atom. The third kappa shape index (κ3) is 4.06. The maximum atomic E-state index is 5.30. The van der Waals surface area contributed by atoms with Gasteiger partial charge in [0.15, 0.2) is 0 Å². The van der Waals surface area contributed by atoms with Crippen LogP contribution in [0.1, 0.15) is 13.8 Å². The number of hydrogen-bond donors (Lipinski definition) is 0. The van der Waals surface area contributed by atoms with E-state index in [0.717, 1.165) is 0 Å². The fourth-order valence-electron chi connectivity index (χ4n) is 0.266. The van der Waals surface area contributed by atoms with Gasteiger partial charge in [-0.1, -0.05) is 17.5 Å². The highest BCUT2D eigenvalue weighted by Crippen LogP contribution is 2.19. The fraction of sp³-hybridized carbons (Fsp3) is 0.333. The molecule has 0 aromatic heterocycles. The molecule has 0 aliphatic rings. The lowest BCUT2D eigenvalue weighted by atomic mass is 10.2. The van der Waals surface area contributed by atoms with Crippen molar-refractivity contribution in [2.45, 2.75) is 13.8 Å². The zero-order chi connectivity index (χ0) is 6.57. The lowest BCUT2D eigenvalue weighted by molar-refractivity contribution is 1.60. The second kappa shape index (κ2) is 3.84. The molecule has 42 valence electrons. The van der Waals surface area contributed by atoms with E-state index < -0.39 is 0 Å². The molecule has 2 heteroatoms. The van der Waals surface area contributed by atoms with Crippen molar-refractivity contribution in [3.8, 4) is 0 Å². The van der Waals surface area contributed by atoms with Crippen molar-refractivity contribution in [3.63, 3.8) is 0 Å². The lowest BCUT2D eigenvalue weighted by Crippen LogP contribution is -1.69. The zero-order valence-corrected chi connectivity index (χ0v) is 6.09. The van der Waals surface area contributed by atoms with Crippen LogP contribution in [-0.4, -0.2) is 7.85 Å². The lowest BCUT2D eigenvalue weighted by Gasteiger charge is -1.95. The molecule has 0 heterocycles. The first-order chi connectivity index (χ1) is 3.66. The minimum absolute atomic E-state index is 0.653. The molecule has 0 nitrogen and oxygen atoms in total. The molecule has 0 rings (SSSR count). The molecule has 0 amide bonds. The molecule has 0 saturated carbocycles. The second-order valence-corrected chi connectivity index (χ2v) is 2.84. The number of allylic oxidation sites excluding steroid dienone is 2. The smallest absolute Gasteiger partial charge is 0.112 e. The highest BCUT2D eigenvalue weighted by Gasteiger charge is 1.85. The maximum Gasteiger partial charge on any atom is 0.123 e. The summed E-state index contributed by atoms with van der Waals surface area (Å²) in [5.74, 6) is 0. The molecule has 0 aliphatic carbocycles. The molecule has 8 heavy (non-hydrogen) atoms. The first-order valence-corrected chi connectivity index (χ1v) is 3.23. The molecule has 0 atom stereocenters. The minimum Gasteiger partial charge on any atom is -0.112 e. The van der Waals surface area contributed by atoms with E-state index in [1.54, 1.807) is 0 Å². The van der Waals surface area contributed by atoms with Crippen LogP contribution in [0.25, 0.3) is 0 Å². The molecular weight excluding hydrogens is 115 g/mol. The monoisotopic (exact) mass is 124 g/mol. The summed E-state index contributed by atoms with van der Waals surface area (Å²) >= 11 is 1.50. The van der Waals surface area contributed by atoms with E-state index in [1.165, 1.54) is 16.7 Å². The highest BCUT2D eigenvalue weighted by molar-refractivity contribution is 8.07. The van der Waals surface area contributed by atoms with Crippen molar-refractivity contribution in [2.24, 2.45) is 0 Å². The van der Waals surface area contributed by atoms with Crippen LogP contribution in [0.5, 0.6) is 0 Å². The van der Waals surface area contributed by atoms with Gasteiger partial charge in [-0.15, -0.1) is 11.8 Å². The Morgan fingerprint density at radius 3 is 2.38 bits per heavy atom. The molecule has 0 saturated heterocycles. The summed E-state index contributed by atoms with van der Waals surface area (Å²) in [5.41, 5.74) is 0. The number of thioether (sulfide) groups is 1. The van der Waals surface area contributed by atoms with Crippen LogP contribution in [0.3, 0.4) is 0 Å². The third-order valence-corrected chi connectivity index (χ3v) is 1.52. The van der Waals surface area contributed by atoms with Crippen molar-refractivity contribution >= 4 is 19.6 Å². The summed E-state index contributed by atoms with van der Waals surface area (Å²) in [6.45, 7) is 7.52. The van der Waals surface area contributed by atoms with Crippen LogP contribution in [0, 0.1) is 0 Å². The molecular formula is C6H9BS. The van der Waals surface area contributed by atoms with Crippen LogP contribution in [-0.2, 0) is 0 Å². The molecule has 0 aliphatic heterocycles. The van der Waals surface area contributed by atoms with Crippen molar-refractivity contribution in [1.82, 2.24) is 0 Å². The van der Waals surface area contributed by atoms with Gasteiger partial charge in [0, 0.05) is 0 Å². The van der Waals surface area contributed by atoms with E-state index in [1.807, 2.05) is 19.9 Å². The molecule has 0 N–H and O–H groups in total. The van der Waals surface area contributed by atoms with Gasteiger partial charge in [-0.3, -0.25) is 0 Å². The van der Waals surface area contributed by atoms with E-state index in [9.17, 15) is 0 Å². The number of hydrogen-bond acceptors (Lipinski definition) is 1. The van der Waals surface area contributed by atoms with Gasteiger partial charge in [-0.05, 0) is 18.8 Å². The van der Waals surface area contributed by atoms with Gasteiger partial charge >= 0.3 is 0 Å². The van der Waals surface area contributed by atoms with E-state index in [2.05, 4.69) is 6.58 Å². The maximum absolute atomic E-state index is 5.30. The average Bonchev–Trinajstić information content (AvgIpc) is 1.65. The van der Waals surface area contributed by atoms with Gasteiger partial charge < -0.3 is 0 Å². The van der Waals surface area contributed by atoms with E-state index in [4.69, 9.17) is 7.85 Å². The van der Waals surface area contributed by atoms with Gasteiger partial charge in [0.2, 0.25) is 0 Å². The summed E-state index contributed by atoms with van der Waals surface area (Å²) < 4.78 is 0. The van der Waals surface area contributed by atoms with Crippen molar-refractivity contribution in [2.75, 3.05) is 0 Å². The molecule has 0 aromatic rings. The van der Waals surface area contributed by atoms with Crippen molar-refractivity contribution < 1.29 is 0 Å². The van der Waals surface area contributed by atoms with Crippen LogP contribution in [0.4, 0.5) is 0 Å². The second-order valence-electron chi connectivity index (χ2n) is 1.47. The standard InChI is InChI=1S/C6H9BS/c1-4-5(2)8-6(3)7/h4H,3H2,1-2H3/b5-4-. The summed E-state index contributed by atoms with van der Waals surface area (Å²) in [6, 6.07) is 0. The summed E-state index contributed by atoms with van der Waals surface area (Å²) in [4.78, 5) is 1.85. The van der Waals surface area contributed by atoms with Crippen LogP contribution < -0.4 is 0 Å². The molecule has 0 bridgehead atoms. The highest BCUT2D eigenvalue weighted by atomic mass is 32.2. The van der Waals surface area contributed by atoms with E-state index in [0.29, 0.717) is 4.80 Å².